The largest absolute Gasteiger partial charge is 0.495 e. The van der Waals surface area contributed by atoms with E-state index in [2.05, 4.69) is 21.4 Å². The van der Waals surface area contributed by atoms with Crippen LogP contribution in [0.1, 0.15) is 16.8 Å². The van der Waals surface area contributed by atoms with Gasteiger partial charge in [0.1, 0.15) is 10.6 Å². The summed E-state index contributed by atoms with van der Waals surface area (Å²) in [5.74, 6) is -0.128. The number of rotatable bonds is 6. The Morgan fingerprint density at radius 2 is 2.17 bits per heavy atom. The Morgan fingerprint density at radius 3 is 2.78 bits per heavy atom. The molecule has 1 aromatic rings. The number of ether oxygens (including phenoxy) is 1. The van der Waals surface area contributed by atoms with Gasteiger partial charge in [-0.15, -0.1) is 0 Å². The highest BCUT2D eigenvalue weighted by Crippen LogP contribution is 2.24. The van der Waals surface area contributed by atoms with E-state index in [1.165, 1.54) is 26.3 Å². The molecule has 0 unspecified atom stereocenters. The Balaban J connectivity index is 2.17. The van der Waals surface area contributed by atoms with Gasteiger partial charge in [0.05, 0.1) is 7.11 Å². The molecule has 3 N–H and O–H groups in total. The molecule has 1 aliphatic rings. The van der Waals surface area contributed by atoms with Crippen molar-refractivity contribution in [1.82, 2.24) is 15.4 Å². The molecule has 1 heterocycles. The number of methoxy groups -OCH3 is 1. The Hall–Kier alpha value is -1.90. The Labute approximate surface area is 136 Å². The molecular formula is C15H21N3O4S. The molecule has 1 aromatic carbocycles. The highest BCUT2D eigenvalue weighted by Gasteiger charge is 2.20. The van der Waals surface area contributed by atoms with Crippen LogP contribution in [0.15, 0.2) is 34.7 Å². The van der Waals surface area contributed by atoms with E-state index in [0.717, 1.165) is 25.1 Å². The van der Waals surface area contributed by atoms with Crippen molar-refractivity contribution in [3.63, 3.8) is 0 Å². The normalized spacial score (nSPS) is 15.0. The number of carbonyl (C=O) groups excluding carboxylic acids is 1. The minimum Gasteiger partial charge on any atom is -0.495 e. The van der Waals surface area contributed by atoms with Gasteiger partial charge in [0.2, 0.25) is 10.0 Å². The lowest BCUT2D eigenvalue weighted by molar-refractivity contribution is 0.0956. The van der Waals surface area contributed by atoms with Gasteiger partial charge in [0, 0.05) is 18.7 Å². The summed E-state index contributed by atoms with van der Waals surface area (Å²) in [6, 6.07) is 4.33. The zero-order valence-electron chi connectivity index (χ0n) is 13.2. The average Bonchev–Trinajstić information content (AvgIpc) is 2.60. The highest BCUT2D eigenvalue weighted by molar-refractivity contribution is 7.89. The Morgan fingerprint density at radius 1 is 1.39 bits per heavy atom. The fourth-order valence-electron chi connectivity index (χ4n) is 2.26. The van der Waals surface area contributed by atoms with Crippen molar-refractivity contribution in [2.75, 3.05) is 33.8 Å². The van der Waals surface area contributed by atoms with E-state index in [-0.39, 0.29) is 22.1 Å². The predicted octanol–water partition coefficient (Wildman–Crippen LogP) is 0.253. The number of carbonyl (C=O) groups is 1. The fourth-order valence-corrected chi connectivity index (χ4v) is 3.18. The van der Waals surface area contributed by atoms with Crippen LogP contribution in [0.3, 0.4) is 0 Å². The van der Waals surface area contributed by atoms with E-state index >= 15 is 0 Å². The second kappa shape index (κ2) is 7.58. The van der Waals surface area contributed by atoms with Crippen molar-refractivity contribution >= 4 is 15.9 Å². The van der Waals surface area contributed by atoms with Crippen LogP contribution in [-0.4, -0.2) is 48.1 Å². The van der Waals surface area contributed by atoms with Crippen LogP contribution in [0, 0.1) is 0 Å². The van der Waals surface area contributed by atoms with E-state index < -0.39 is 10.0 Å². The molecule has 0 fully saturated rings. The van der Waals surface area contributed by atoms with E-state index in [1.54, 1.807) is 6.07 Å². The Kier molecular flexibility index (Phi) is 5.75. The fraction of sp³-hybridized carbons (Fsp3) is 0.400. The molecule has 0 radical (unpaired) electrons. The SMILES string of the molecule is CNS(=O)(=O)c1cc(C(=O)NCC2=CCNCC2)ccc1OC. The van der Waals surface area contributed by atoms with Crippen molar-refractivity contribution in [3.8, 4) is 5.75 Å². The van der Waals surface area contributed by atoms with Crippen LogP contribution in [0.2, 0.25) is 0 Å². The molecule has 23 heavy (non-hydrogen) atoms. The first kappa shape index (κ1) is 17.5. The number of hydrogen-bond donors (Lipinski definition) is 3. The molecule has 7 nitrogen and oxygen atoms in total. The molecule has 1 aliphatic heterocycles. The molecule has 0 saturated heterocycles. The molecule has 0 aromatic heterocycles. The third-order valence-electron chi connectivity index (χ3n) is 3.62. The summed E-state index contributed by atoms with van der Waals surface area (Å²) < 4.78 is 31.3. The van der Waals surface area contributed by atoms with Gasteiger partial charge in [-0.25, -0.2) is 13.1 Å². The zero-order valence-corrected chi connectivity index (χ0v) is 14.0. The summed E-state index contributed by atoms with van der Waals surface area (Å²) in [5, 5.41) is 6.01. The molecule has 126 valence electrons. The van der Waals surface area contributed by atoms with Gasteiger partial charge in [-0.05, 0) is 38.2 Å². The van der Waals surface area contributed by atoms with Gasteiger partial charge in [0.25, 0.3) is 5.91 Å². The quantitative estimate of drug-likeness (QED) is 0.646. The molecule has 2 rings (SSSR count). The topological polar surface area (TPSA) is 96.5 Å². The maximum atomic E-state index is 12.2. The molecule has 0 bridgehead atoms. The first-order chi connectivity index (χ1) is 11.0. The standard InChI is InChI=1S/C15H21N3O4S/c1-16-23(20,21)14-9-12(3-4-13(14)22-2)15(19)18-10-11-5-7-17-8-6-11/h3-5,9,16-17H,6-8,10H2,1-2H3,(H,18,19). The Bertz CT molecular complexity index is 713. The van der Waals surface area contributed by atoms with Crippen LogP contribution in [0.25, 0.3) is 0 Å². The minimum atomic E-state index is -3.71. The number of amides is 1. The van der Waals surface area contributed by atoms with Crippen molar-refractivity contribution in [2.24, 2.45) is 0 Å². The van der Waals surface area contributed by atoms with E-state index in [9.17, 15) is 13.2 Å². The third kappa shape index (κ3) is 4.31. The molecule has 1 amide bonds. The summed E-state index contributed by atoms with van der Waals surface area (Å²) in [6.07, 6.45) is 2.94. The lowest BCUT2D eigenvalue weighted by Crippen LogP contribution is -2.30. The number of nitrogens with one attached hydrogen (secondary N) is 3. The number of benzene rings is 1. The van der Waals surface area contributed by atoms with Gasteiger partial charge in [0.15, 0.2) is 0 Å². The van der Waals surface area contributed by atoms with Crippen molar-refractivity contribution in [2.45, 2.75) is 11.3 Å². The molecule has 0 atom stereocenters. The van der Waals surface area contributed by atoms with Crippen LogP contribution in [0.5, 0.6) is 5.75 Å². The molecule has 0 aliphatic carbocycles. The van der Waals surface area contributed by atoms with Crippen molar-refractivity contribution in [3.05, 3.63) is 35.4 Å². The lowest BCUT2D eigenvalue weighted by Gasteiger charge is -2.15. The summed E-state index contributed by atoms with van der Waals surface area (Å²) in [5.41, 5.74) is 1.43. The first-order valence-electron chi connectivity index (χ1n) is 7.26. The predicted molar refractivity (Wildman–Crippen MR) is 87.1 cm³/mol. The van der Waals surface area contributed by atoms with Crippen molar-refractivity contribution in [1.29, 1.82) is 0 Å². The number of hydrogen-bond acceptors (Lipinski definition) is 5. The first-order valence-corrected chi connectivity index (χ1v) is 8.74. The van der Waals surface area contributed by atoms with Gasteiger partial charge >= 0.3 is 0 Å². The second-order valence-corrected chi connectivity index (χ2v) is 6.93. The molecule has 0 spiro atoms. The molecule has 8 heteroatoms. The smallest absolute Gasteiger partial charge is 0.251 e. The second-order valence-electron chi connectivity index (χ2n) is 5.07. The summed E-state index contributed by atoms with van der Waals surface area (Å²) in [7, 11) is -1.01. The monoisotopic (exact) mass is 339 g/mol. The lowest BCUT2D eigenvalue weighted by atomic mass is 10.1. The zero-order chi connectivity index (χ0) is 16.9. The summed E-state index contributed by atoms with van der Waals surface area (Å²) in [6.45, 7) is 2.16. The van der Waals surface area contributed by atoms with Crippen LogP contribution in [0.4, 0.5) is 0 Å². The van der Waals surface area contributed by atoms with Gasteiger partial charge in [-0.3, -0.25) is 4.79 Å². The van der Waals surface area contributed by atoms with E-state index in [1.807, 2.05) is 0 Å². The van der Waals surface area contributed by atoms with Gasteiger partial charge in [-0.1, -0.05) is 11.6 Å². The maximum absolute atomic E-state index is 12.2. The molecule has 0 saturated carbocycles. The van der Waals surface area contributed by atoms with Crippen LogP contribution in [-0.2, 0) is 10.0 Å². The summed E-state index contributed by atoms with van der Waals surface area (Å²) >= 11 is 0. The highest BCUT2D eigenvalue weighted by atomic mass is 32.2. The minimum absolute atomic E-state index is 0.0590. The van der Waals surface area contributed by atoms with E-state index in [4.69, 9.17) is 4.74 Å². The third-order valence-corrected chi connectivity index (χ3v) is 5.05. The molecular weight excluding hydrogens is 318 g/mol. The van der Waals surface area contributed by atoms with Gasteiger partial charge in [-0.2, -0.15) is 0 Å². The number of sulfonamides is 1. The van der Waals surface area contributed by atoms with E-state index in [0.29, 0.717) is 6.54 Å². The van der Waals surface area contributed by atoms with Crippen molar-refractivity contribution < 1.29 is 17.9 Å². The van der Waals surface area contributed by atoms with Crippen LogP contribution < -0.4 is 20.1 Å². The van der Waals surface area contributed by atoms with Gasteiger partial charge < -0.3 is 15.4 Å². The average molecular weight is 339 g/mol. The summed E-state index contributed by atoms with van der Waals surface area (Å²) in [4.78, 5) is 12.2. The maximum Gasteiger partial charge on any atom is 0.251 e. The van der Waals surface area contributed by atoms with Crippen LogP contribution >= 0.6 is 0 Å².